The van der Waals surface area contributed by atoms with E-state index >= 15 is 0 Å². The molecule has 6 nitrogen and oxygen atoms in total. The number of aryl methyl sites for hydroxylation is 1. The SMILES string of the molecule is CCOC(=O)c1cncn1CCCOC1CCNCC1. The van der Waals surface area contributed by atoms with Crippen LogP contribution in [0.4, 0.5) is 0 Å². The average molecular weight is 281 g/mol. The number of ether oxygens (including phenoxy) is 2. The summed E-state index contributed by atoms with van der Waals surface area (Å²) < 4.78 is 12.7. The van der Waals surface area contributed by atoms with Crippen LogP contribution in [0, 0.1) is 0 Å². The number of nitrogens with zero attached hydrogens (tertiary/aromatic N) is 2. The summed E-state index contributed by atoms with van der Waals surface area (Å²) >= 11 is 0. The molecule has 0 unspecified atom stereocenters. The van der Waals surface area contributed by atoms with E-state index in [-0.39, 0.29) is 5.97 Å². The first-order valence-corrected chi connectivity index (χ1v) is 7.31. The fourth-order valence-corrected chi connectivity index (χ4v) is 2.32. The number of imidazole rings is 1. The van der Waals surface area contributed by atoms with E-state index in [0.29, 0.717) is 25.0 Å². The van der Waals surface area contributed by atoms with Gasteiger partial charge >= 0.3 is 5.97 Å². The van der Waals surface area contributed by atoms with Gasteiger partial charge in [0.1, 0.15) is 5.69 Å². The van der Waals surface area contributed by atoms with Gasteiger partial charge in [-0.2, -0.15) is 0 Å². The Balaban J connectivity index is 1.71. The van der Waals surface area contributed by atoms with Crippen molar-refractivity contribution in [1.29, 1.82) is 0 Å². The molecule has 1 saturated heterocycles. The lowest BCUT2D eigenvalue weighted by molar-refractivity contribution is 0.0297. The second-order valence-corrected chi connectivity index (χ2v) is 4.87. The molecule has 1 N–H and O–H groups in total. The summed E-state index contributed by atoms with van der Waals surface area (Å²) in [5.74, 6) is -0.315. The molecular formula is C14H23N3O3. The van der Waals surface area contributed by atoms with Crippen molar-refractivity contribution in [3.05, 3.63) is 18.2 Å². The van der Waals surface area contributed by atoms with Crippen molar-refractivity contribution >= 4 is 5.97 Å². The van der Waals surface area contributed by atoms with Crippen molar-refractivity contribution in [3.63, 3.8) is 0 Å². The van der Waals surface area contributed by atoms with Crippen LogP contribution in [-0.4, -0.2) is 47.9 Å². The lowest BCUT2D eigenvalue weighted by atomic mass is 10.1. The van der Waals surface area contributed by atoms with Gasteiger partial charge in [-0.05, 0) is 39.3 Å². The van der Waals surface area contributed by atoms with Crippen LogP contribution in [0.25, 0.3) is 0 Å². The molecular weight excluding hydrogens is 258 g/mol. The van der Waals surface area contributed by atoms with Crippen LogP contribution in [0.3, 0.4) is 0 Å². The molecule has 0 aromatic carbocycles. The molecule has 0 aliphatic carbocycles. The topological polar surface area (TPSA) is 65.4 Å². The van der Waals surface area contributed by atoms with Gasteiger partial charge in [0, 0.05) is 13.2 Å². The van der Waals surface area contributed by atoms with E-state index in [1.807, 2.05) is 4.57 Å². The molecule has 1 aliphatic rings. The summed E-state index contributed by atoms with van der Waals surface area (Å²) in [7, 11) is 0. The summed E-state index contributed by atoms with van der Waals surface area (Å²) in [5, 5.41) is 3.32. The van der Waals surface area contributed by atoms with Crippen molar-refractivity contribution < 1.29 is 14.3 Å². The number of esters is 1. The van der Waals surface area contributed by atoms with Gasteiger partial charge in [-0.1, -0.05) is 0 Å². The first-order valence-electron chi connectivity index (χ1n) is 7.31. The number of hydrogen-bond donors (Lipinski definition) is 1. The molecule has 1 aromatic heterocycles. The molecule has 6 heteroatoms. The molecule has 0 bridgehead atoms. The van der Waals surface area contributed by atoms with Gasteiger partial charge in [-0.15, -0.1) is 0 Å². The lowest BCUT2D eigenvalue weighted by Crippen LogP contribution is -2.32. The van der Waals surface area contributed by atoms with Crippen molar-refractivity contribution in [3.8, 4) is 0 Å². The molecule has 20 heavy (non-hydrogen) atoms. The van der Waals surface area contributed by atoms with E-state index in [4.69, 9.17) is 9.47 Å². The zero-order chi connectivity index (χ0) is 14.2. The highest BCUT2D eigenvalue weighted by Gasteiger charge is 2.14. The molecule has 1 fully saturated rings. The molecule has 1 aromatic rings. The third-order valence-electron chi connectivity index (χ3n) is 3.38. The normalized spacial score (nSPS) is 16.2. The number of carbonyl (C=O) groups excluding carboxylic acids is 1. The highest BCUT2D eigenvalue weighted by atomic mass is 16.5. The molecule has 0 radical (unpaired) electrons. The fraction of sp³-hybridized carbons (Fsp3) is 0.714. The Morgan fingerprint density at radius 1 is 1.50 bits per heavy atom. The Morgan fingerprint density at radius 3 is 3.05 bits per heavy atom. The molecule has 2 heterocycles. The third-order valence-corrected chi connectivity index (χ3v) is 3.38. The minimum Gasteiger partial charge on any atom is -0.461 e. The number of rotatable bonds is 7. The Kier molecular flexibility index (Phi) is 6.01. The largest absolute Gasteiger partial charge is 0.461 e. The predicted molar refractivity (Wildman–Crippen MR) is 74.6 cm³/mol. The van der Waals surface area contributed by atoms with Gasteiger partial charge in [0.25, 0.3) is 0 Å². The maximum Gasteiger partial charge on any atom is 0.356 e. The van der Waals surface area contributed by atoms with Crippen molar-refractivity contribution in [1.82, 2.24) is 14.9 Å². The summed E-state index contributed by atoms with van der Waals surface area (Å²) in [6.07, 6.45) is 6.62. The maximum absolute atomic E-state index is 11.7. The van der Waals surface area contributed by atoms with Gasteiger partial charge in [0.2, 0.25) is 0 Å². The zero-order valence-electron chi connectivity index (χ0n) is 12.0. The first kappa shape index (κ1) is 15.0. The van der Waals surface area contributed by atoms with Crippen LogP contribution in [-0.2, 0) is 16.0 Å². The second kappa shape index (κ2) is 8.01. The van der Waals surface area contributed by atoms with Crippen LogP contribution in [0.15, 0.2) is 12.5 Å². The van der Waals surface area contributed by atoms with Crippen LogP contribution < -0.4 is 5.32 Å². The van der Waals surface area contributed by atoms with Crippen LogP contribution in [0.2, 0.25) is 0 Å². The Bertz CT molecular complexity index is 414. The second-order valence-electron chi connectivity index (χ2n) is 4.87. The molecule has 112 valence electrons. The minimum absolute atomic E-state index is 0.315. The summed E-state index contributed by atoms with van der Waals surface area (Å²) in [6, 6.07) is 0. The van der Waals surface area contributed by atoms with Gasteiger partial charge in [-0.3, -0.25) is 0 Å². The number of nitrogens with one attached hydrogen (secondary N) is 1. The quantitative estimate of drug-likeness (QED) is 0.601. The fourth-order valence-electron chi connectivity index (χ4n) is 2.32. The summed E-state index contributed by atoms with van der Waals surface area (Å²) in [4.78, 5) is 15.7. The number of aromatic nitrogens is 2. The van der Waals surface area contributed by atoms with Gasteiger partial charge in [0.15, 0.2) is 0 Å². The summed E-state index contributed by atoms with van der Waals surface area (Å²) in [5.41, 5.74) is 0.508. The van der Waals surface area contributed by atoms with Gasteiger partial charge < -0.3 is 19.4 Å². The number of carbonyl (C=O) groups is 1. The minimum atomic E-state index is -0.315. The molecule has 0 amide bonds. The Labute approximate surface area is 119 Å². The smallest absolute Gasteiger partial charge is 0.356 e. The van der Waals surface area contributed by atoms with Crippen LogP contribution in [0.1, 0.15) is 36.7 Å². The number of piperidine rings is 1. The van der Waals surface area contributed by atoms with E-state index in [1.54, 1.807) is 19.4 Å². The maximum atomic E-state index is 11.7. The van der Waals surface area contributed by atoms with Crippen molar-refractivity contribution in [2.24, 2.45) is 0 Å². The first-order chi connectivity index (χ1) is 9.81. The molecule has 0 spiro atoms. The van der Waals surface area contributed by atoms with Crippen molar-refractivity contribution in [2.45, 2.75) is 38.8 Å². The summed E-state index contributed by atoms with van der Waals surface area (Å²) in [6.45, 7) is 5.69. The average Bonchev–Trinajstić information content (AvgIpc) is 2.93. The molecule has 2 rings (SSSR count). The van der Waals surface area contributed by atoms with E-state index in [9.17, 15) is 4.79 Å². The molecule has 0 saturated carbocycles. The van der Waals surface area contributed by atoms with Gasteiger partial charge in [0.05, 0.1) is 25.2 Å². The third kappa shape index (κ3) is 4.31. The van der Waals surface area contributed by atoms with Crippen LogP contribution in [0.5, 0.6) is 0 Å². The monoisotopic (exact) mass is 281 g/mol. The molecule has 0 atom stereocenters. The predicted octanol–water partition coefficient (Wildman–Crippen LogP) is 1.22. The Morgan fingerprint density at radius 2 is 2.30 bits per heavy atom. The zero-order valence-corrected chi connectivity index (χ0v) is 12.0. The Hall–Kier alpha value is -1.40. The van der Waals surface area contributed by atoms with E-state index in [2.05, 4.69) is 10.3 Å². The van der Waals surface area contributed by atoms with E-state index < -0.39 is 0 Å². The van der Waals surface area contributed by atoms with Crippen molar-refractivity contribution in [2.75, 3.05) is 26.3 Å². The number of hydrogen-bond acceptors (Lipinski definition) is 5. The molecule has 1 aliphatic heterocycles. The highest BCUT2D eigenvalue weighted by Crippen LogP contribution is 2.08. The van der Waals surface area contributed by atoms with Crippen LogP contribution >= 0.6 is 0 Å². The van der Waals surface area contributed by atoms with E-state index in [0.717, 1.165) is 38.9 Å². The lowest BCUT2D eigenvalue weighted by Gasteiger charge is -2.22. The van der Waals surface area contributed by atoms with Gasteiger partial charge in [-0.25, -0.2) is 9.78 Å². The standard InChI is InChI=1S/C14H23N3O3/c1-2-19-14(18)13-10-16-11-17(13)8-3-9-20-12-4-6-15-7-5-12/h10-12,15H,2-9H2,1H3. The highest BCUT2D eigenvalue weighted by molar-refractivity contribution is 5.87. The van der Waals surface area contributed by atoms with E-state index in [1.165, 1.54) is 0 Å².